The van der Waals surface area contributed by atoms with Gasteiger partial charge in [0.25, 0.3) is 0 Å². The Morgan fingerprint density at radius 3 is 2.50 bits per heavy atom. The molecule has 1 aliphatic carbocycles. The Balaban J connectivity index is 1.63. The molecular formula is C17H26N2S. The van der Waals surface area contributed by atoms with Crippen molar-refractivity contribution in [2.75, 3.05) is 25.5 Å². The van der Waals surface area contributed by atoms with E-state index in [1.807, 2.05) is 0 Å². The predicted octanol–water partition coefficient (Wildman–Crippen LogP) is 4.23. The van der Waals surface area contributed by atoms with Gasteiger partial charge in [0.2, 0.25) is 0 Å². The molecule has 0 amide bonds. The minimum absolute atomic E-state index is 0.650. The monoisotopic (exact) mass is 290 g/mol. The van der Waals surface area contributed by atoms with Gasteiger partial charge in [0, 0.05) is 21.9 Å². The van der Waals surface area contributed by atoms with E-state index in [0.29, 0.717) is 6.04 Å². The van der Waals surface area contributed by atoms with Gasteiger partial charge in [-0.1, -0.05) is 25.0 Å². The first-order valence-electron chi connectivity index (χ1n) is 8.02. The molecule has 1 saturated heterocycles. The minimum atomic E-state index is 0.650. The summed E-state index contributed by atoms with van der Waals surface area (Å²) in [6.07, 6.45) is 8.16. The number of likely N-dealkylation sites (tertiary alicyclic amines) is 1. The van der Waals surface area contributed by atoms with Gasteiger partial charge >= 0.3 is 0 Å². The Morgan fingerprint density at radius 2 is 1.75 bits per heavy atom. The smallest absolute Gasteiger partial charge is 0.0480 e. The summed E-state index contributed by atoms with van der Waals surface area (Å²) >= 11 is 2.09. The lowest BCUT2D eigenvalue weighted by Crippen LogP contribution is -2.36. The number of hydrogen-bond donors (Lipinski definition) is 1. The summed E-state index contributed by atoms with van der Waals surface area (Å²) in [5.41, 5.74) is 1.36. The average molecular weight is 290 g/mol. The second-order valence-electron chi connectivity index (χ2n) is 6.24. The number of para-hydroxylation sites is 1. The molecule has 0 bridgehead atoms. The molecule has 3 rings (SSSR count). The number of nitrogens with one attached hydrogen (secondary N) is 1. The Bertz CT molecular complexity index is 421. The minimum Gasteiger partial charge on any atom is -0.381 e. The Labute approximate surface area is 127 Å². The fourth-order valence-electron chi connectivity index (χ4n) is 3.25. The van der Waals surface area contributed by atoms with E-state index in [1.54, 1.807) is 0 Å². The van der Waals surface area contributed by atoms with Crippen molar-refractivity contribution in [3.63, 3.8) is 0 Å². The highest BCUT2D eigenvalue weighted by molar-refractivity contribution is 8.00. The zero-order valence-corrected chi connectivity index (χ0v) is 13.3. The molecule has 1 aliphatic heterocycles. The molecule has 0 radical (unpaired) electrons. The number of piperidine rings is 1. The van der Waals surface area contributed by atoms with E-state index in [9.17, 15) is 0 Å². The second-order valence-corrected chi connectivity index (χ2v) is 7.58. The normalized spacial score (nSPS) is 22.2. The van der Waals surface area contributed by atoms with Gasteiger partial charge in [-0.3, -0.25) is 0 Å². The van der Waals surface area contributed by atoms with Crippen LogP contribution in [0.2, 0.25) is 0 Å². The number of nitrogens with zero attached hydrogens (tertiary/aromatic N) is 1. The maximum Gasteiger partial charge on any atom is 0.0480 e. The van der Waals surface area contributed by atoms with E-state index in [0.717, 1.165) is 5.25 Å². The van der Waals surface area contributed by atoms with Crippen LogP contribution in [0.25, 0.3) is 0 Å². The number of thioether (sulfide) groups is 1. The zero-order valence-electron chi connectivity index (χ0n) is 12.5. The fourth-order valence-corrected chi connectivity index (χ4v) is 4.59. The maximum atomic E-state index is 3.80. The molecule has 0 aromatic heterocycles. The third kappa shape index (κ3) is 3.70. The highest BCUT2D eigenvalue weighted by Gasteiger charge is 2.20. The van der Waals surface area contributed by atoms with E-state index < -0.39 is 0 Å². The molecule has 2 nitrogen and oxygen atoms in total. The Hall–Kier alpha value is -0.670. The van der Waals surface area contributed by atoms with Gasteiger partial charge in [0.1, 0.15) is 0 Å². The van der Waals surface area contributed by atoms with Crippen LogP contribution in [-0.2, 0) is 0 Å². The van der Waals surface area contributed by atoms with E-state index in [4.69, 9.17) is 0 Å². The molecule has 0 unspecified atom stereocenters. The lowest BCUT2D eigenvalue weighted by atomic mass is 10.1. The van der Waals surface area contributed by atoms with Crippen molar-refractivity contribution < 1.29 is 0 Å². The standard InChI is InChI=1S/C17H26N2S/c1-19-12-10-14(11-13-19)18-16-8-4-5-9-17(16)20-15-6-2-3-7-15/h4-5,8-9,14-15,18H,2-3,6-7,10-13H2,1H3. The molecule has 1 saturated carbocycles. The van der Waals surface area contributed by atoms with E-state index >= 15 is 0 Å². The summed E-state index contributed by atoms with van der Waals surface area (Å²) in [4.78, 5) is 3.88. The van der Waals surface area contributed by atoms with Crippen LogP contribution >= 0.6 is 11.8 Å². The molecule has 1 heterocycles. The third-order valence-corrected chi connectivity index (χ3v) is 5.98. The van der Waals surface area contributed by atoms with Crippen LogP contribution in [0.15, 0.2) is 29.2 Å². The van der Waals surface area contributed by atoms with Crippen LogP contribution in [0.5, 0.6) is 0 Å². The zero-order chi connectivity index (χ0) is 13.8. The SMILES string of the molecule is CN1CCC(Nc2ccccc2SC2CCCC2)CC1. The van der Waals surface area contributed by atoms with Gasteiger partial charge in [-0.2, -0.15) is 0 Å². The first-order valence-corrected chi connectivity index (χ1v) is 8.90. The van der Waals surface area contributed by atoms with Crippen LogP contribution in [0.4, 0.5) is 5.69 Å². The molecule has 110 valence electrons. The molecule has 0 spiro atoms. The van der Waals surface area contributed by atoms with Gasteiger partial charge < -0.3 is 10.2 Å². The summed E-state index contributed by atoms with van der Waals surface area (Å²) in [5.74, 6) is 0. The highest BCUT2D eigenvalue weighted by Crippen LogP contribution is 2.38. The molecular weight excluding hydrogens is 264 g/mol. The lowest BCUT2D eigenvalue weighted by molar-refractivity contribution is 0.264. The maximum absolute atomic E-state index is 3.80. The molecule has 1 aromatic rings. The summed E-state index contributed by atoms with van der Waals surface area (Å²) in [6, 6.07) is 9.54. The molecule has 20 heavy (non-hydrogen) atoms. The summed E-state index contributed by atoms with van der Waals surface area (Å²) in [6.45, 7) is 2.44. The van der Waals surface area contributed by atoms with Gasteiger partial charge in [-0.25, -0.2) is 0 Å². The quantitative estimate of drug-likeness (QED) is 0.893. The van der Waals surface area contributed by atoms with Gasteiger partial charge in [-0.05, 0) is 58.0 Å². The third-order valence-electron chi connectivity index (χ3n) is 4.56. The van der Waals surface area contributed by atoms with Crippen LogP contribution in [0.1, 0.15) is 38.5 Å². The Kier molecular flexibility index (Phi) is 4.90. The van der Waals surface area contributed by atoms with Crippen molar-refractivity contribution in [1.82, 2.24) is 4.90 Å². The Morgan fingerprint density at radius 1 is 1.05 bits per heavy atom. The average Bonchev–Trinajstić information content (AvgIpc) is 2.96. The van der Waals surface area contributed by atoms with Crippen LogP contribution in [0, 0.1) is 0 Å². The molecule has 2 fully saturated rings. The van der Waals surface area contributed by atoms with Crippen molar-refractivity contribution in [3.8, 4) is 0 Å². The topological polar surface area (TPSA) is 15.3 Å². The van der Waals surface area contributed by atoms with Crippen molar-refractivity contribution in [2.24, 2.45) is 0 Å². The largest absolute Gasteiger partial charge is 0.381 e. The van der Waals surface area contributed by atoms with Crippen LogP contribution < -0.4 is 5.32 Å². The van der Waals surface area contributed by atoms with E-state index in [2.05, 4.69) is 53.3 Å². The number of hydrogen-bond acceptors (Lipinski definition) is 3. The van der Waals surface area contributed by atoms with Gasteiger partial charge in [0.05, 0.1) is 0 Å². The molecule has 0 atom stereocenters. The van der Waals surface area contributed by atoms with Crippen molar-refractivity contribution >= 4 is 17.4 Å². The number of benzene rings is 1. The lowest BCUT2D eigenvalue weighted by Gasteiger charge is -2.30. The summed E-state index contributed by atoms with van der Waals surface area (Å²) in [5, 5.41) is 4.64. The first kappa shape index (κ1) is 14.3. The molecule has 1 aromatic carbocycles. The summed E-state index contributed by atoms with van der Waals surface area (Å²) in [7, 11) is 2.22. The first-order chi connectivity index (χ1) is 9.81. The number of rotatable bonds is 4. The van der Waals surface area contributed by atoms with E-state index in [1.165, 1.54) is 62.2 Å². The van der Waals surface area contributed by atoms with Crippen molar-refractivity contribution in [1.29, 1.82) is 0 Å². The van der Waals surface area contributed by atoms with Gasteiger partial charge in [0.15, 0.2) is 0 Å². The second kappa shape index (κ2) is 6.86. The molecule has 1 N–H and O–H groups in total. The molecule has 2 aliphatic rings. The number of anilines is 1. The van der Waals surface area contributed by atoms with Crippen LogP contribution in [0.3, 0.4) is 0 Å². The van der Waals surface area contributed by atoms with Crippen molar-refractivity contribution in [3.05, 3.63) is 24.3 Å². The van der Waals surface area contributed by atoms with E-state index in [-0.39, 0.29) is 0 Å². The van der Waals surface area contributed by atoms with Crippen LogP contribution in [-0.4, -0.2) is 36.3 Å². The predicted molar refractivity (Wildman–Crippen MR) is 88.7 cm³/mol. The van der Waals surface area contributed by atoms with Crippen molar-refractivity contribution in [2.45, 2.75) is 54.7 Å². The summed E-state index contributed by atoms with van der Waals surface area (Å²) < 4.78 is 0. The molecule has 3 heteroatoms. The highest BCUT2D eigenvalue weighted by atomic mass is 32.2. The van der Waals surface area contributed by atoms with Gasteiger partial charge in [-0.15, -0.1) is 11.8 Å². The fraction of sp³-hybridized carbons (Fsp3) is 0.647.